The van der Waals surface area contributed by atoms with E-state index in [1.54, 1.807) is 25.1 Å². The molecule has 0 aliphatic carbocycles. The first-order chi connectivity index (χ1) is 5.88. The van der Waals surface area contributed by atoms with E-state index in [4.69, 9.17) is 0 Å². The molecule has 0 spiro atoms. The van der Waals surface area contributed by atoms with Gasteiger partial charge in [0.05, 0.1) is 0 Å². The number of hydrogen-bond acceptors (Lipinski definition) is 0. The van der Waals surface area contributed by atoms with Gasteiger partial charge < -0.3 is 12.9 Å². The molecule has 1 aromatic rings. The van der Waals surface area contributed by atoms with Crippen LogP contribution in [0, 0.1) is 13.8 Å². The Hall–Kier alpha value is -0.925. The van der Waals surface area contributed by atoms with Crippen molar-refractivity contribution >= 4 is 6.98 Å². The Morgan fingerprint density at radius 2 is 1.77 bits per heavy atom. The molecule has 0 N–H and O–H groups in total. The highest BCUT2D eigenvalue weighted by Gasteiger charge is 2.23. The highest BCUT2D eigenvalue weighted by molar-refractivity contribution is 6.57. The zero-order chi connectivity index (χ0) is 10.1. The van der Waals surface area contributed by atoms with Crippen molar-refractivity contribution in [3.05, 3.63) is 34.9 Å². The van der Waals surface area contributed by atoms with E-state index in [1.807, 2.05) is 6.92 Å². The Labute approximate surface area is 75.8 Å². The molecule has 0 saturated carbocycles. The Morgan fingerprint density at radius 3 is 2.23 bits per heavy atom. The minimum atomic E-state index is -4.71. The third-order valence-corrected chi connectivity index (χ3v) is 1.95. The Morgan fingerprint density at radius 1 is 1.15 bits per heavy atom. The number of benzene rings is 1. The van der Waals surface area contributed by atoms with Crippen LogP contribution in [0.15, 0.2) is 18.2 Å². The van der Waals surface area contributed by atoms with Gasteiger partial charge in [0.2, 0.25) is 0 Å². The third-order valence-electron chi connectivity index (χ3n) is 1.95. The summed E-state index contributed by atoms with van der Waals surface area (Å²) in [6.07, 6.45) is -0.772. The summed E-state index contributed by atoms with van der Waals surface area (Å²) in [5.41, 5.74) is 2.10. The summed E-state index contributed by atoms with van der Waals surface area (Å²) in [7, 11) is 0. The molecule has 13 heavy (non-hydrogen) atoms. The zero-order valence-electron chi connectivity index (χ0n) is 7.65. The van der Waals surface area contributed by atoms with Gasteiger partial charge in [-0.1, -0.05) is 41.2 Å². The van der Waals surface area contributed by atoms with Crippen LogP contribution in [0.3, 0.4) is 0 Å². The van der Waals surface area contributed by atoms with Gasteiger partial charge in [0.15, 0.2) is 0 Å². The first-order valence-corrected chi connectivity index (χ1v) is 4.15. The van der Waals surface area contributed by atoms with E-state index in [2.05, 4.69) is 0 Å². The molecule has 1 rings (SSSR count). The monoisotopic (exact) mass is 187 g/mol. The van der Waals surface area contributed by atoms with Gasteiger partial charge >= 0.3 is 6.98 Å². The fraction of sp³-hybridized carbons (Fsp3) is 0.333. The molecular formula is C9H11BF3-. The molecule has 0 nitrogen and oxygen atoms in total. The summed E-state index contributed by atoms with van der Waals surface area (Å²) in [6, 6.07) is 5.04. The lowest BCUT2D eigenvalue weighted by Crippen LogP contribution is -2.19. The number of rotatable bonds is 2. The molecule has 4 heteroatoms. The first kappa shape index (κ1) is 10.2. The number of hydrogen-bond donors (Lipinski definition) is 0. The van der Waals surface area contributed by atoms with Crippen molar-refractivity contribution in [1.82, 2.24) is 0 Å². The molecule has 0 aliphatic heterocycles. The third kappa shape index (κ3) is 3.13. The summed E-state index contributed by atoms with van der Waals surface area (Å²) in [5, 5.41) is 0. The van der Waals surface area contributed by atoms with Crippen molar-refractivity contribution in [2.45, 2.75) is 20.2 Å². The van der Waals surface area contributed by atoms with Gasteiger partial charge in [-0.05, 0) is 13.8 Å². The van der Waals surface area contributed by atoms with Gasteiger partial charge in [-0.3, -0.25) is 0 Å². The molecular weight excluding hydrogens is 176 g/mol. The molecule has 72 valence electrons. The molecule has 0 aliphatic rings. The maximum absolute atomic E-state index is 12.1. The van der Waals surface area contributed by atoms with Crippen molar-refractivity contribution in [1.29, 1.82) is 0 Å². The van der Waals surface area contributed by atoms with Crippen LogP contribution >= 0.6 is 0 Å². The molecule has 0 saturated heterocycles. The van der Waals surface area contributed by atoms with Gasteiger partial charge in [0.25, 0.3) is 0 Å². The average molecular weight is 187 g/mol. The van der Waals surface area contributed by atoms with Crippen LogP contribution in [0.5, 0.6) is 0 Å². The number of aryl methyl sites for hydroxylation is 2. The molecule has 0 fully saturated rings. The summed E-state index contributed by atoms with van der Waals surface area (Å²) < 4.78 is 36.3. The van der Waals surface area contributed by atoms with E-state index in [9.17, 15) is 12.9 Å². The summed E-state index contributed by atoms with van der Waals surface area (Å²) in [4.78, 5) is 0. The van der Waals surface area contributed by atoms with Crippen LogP contribution in [0.25, 0.3) is 0 Å². The van der Waals surface area contributed by atoms with Crippen molar-refractivity contribution in [2.24, 2.45) is 0 Å². The van der Waals surface area contributed by atoms with Gasteiger partial charge in [0, 0.05) is 0 Å². The summed E-state index contributed by atoms with van der Waals surface area (Å²) in [6.45, 7) is -1.13. The van der Waals surface area contributed by atoms with Crippen molar-refractivity contribution in [3.63, 3.8) is 0 Å². The lowest BCUT2D eigenvalue weighted by atomic mass is 9.80. The van der Waals surface area contributed by atoms with Gasteiger partial charge in [-0.2, -0.15) is 0 Å². The quantitative estimate of drug-likeness (QED) is 0.623. The Balaban J connectivity index is 2.90. The highest BCUT2D eigenvalue weighted by Crippen LogP contribution is 2.19. The average Bonchev–Trinajstić information content (AvgIpc) is 1.93. The van der Waals surface area contributed by atoms with Crippen LogP contribution in [0.4, 0.5) is 12.9 Å². The smallest absolute Gasteiger partial charge is 0.449 e. The van der Waals surface area contributed by atoms with Crippen molar-refractivity contribution < 1.29 is 12.9 Å². The van der Waals surface area contributed by atoms with Crippen molar-refractivity contribution in [2.75, 3.05) is 0 Å². The Bertz CT molecular complexity index is 304. The molecule has 0 radical (unpaired) electrons. The fourth-order valence-electron chi connectivity index (χ4n) is 1.32. The molecule has 0 amide bonds. The standard InChI is InChI=1S/C9H11BF3/c1-7-3-4-9(8(2)5-7)6-10(11,12)13/h3-5H,6H2,1-2H3/q-1. The molecule has 0 heterocycles. The van der Waals surface area contributed by atoms with Gasteiger partial charge in [-0.15, -0.1) is 0 Å². The molecule has 0 atom stereocenters. The lowest BCUT2D eigenvalue weighted by molar-refractivity contribution is 0.468. The predicted molar refractivity (Wildman–Crippen MR) is 48.7 cm³/mol. The maximum Gasteiger partial charge on any atom is 0.482 e. The predicted octanol–water partition coefficient (Wildman–Crippen LogP) is 3.23. The topological polar surface area (TPSA) is 0 Å². The second-order valence-electron chi connectivity index (χ2n) is 3.34. The van der Waals surface area contributed by atoms with Crippen LogP contribution < -0.4 is 0 Å². The Kier molecular flexibility index (Phi) is 2.69. The first-order valence-electron chi connectivity index (χ1n) is 4.15. The maximum atomic E-state index is 12.1. The van der Waals surface area contributed by atoms with E-state index in [0.29, 0.717) is 5.56 Å². The van der Waals surface area contributed by atoms with Gasteiger partial charge in [0.1, 0.15) is 0 Å². The summed E-state index contributed by atoms with van der Waals surface area (Å²) in [5.74, 6) is 0. The fourth-order valence-corrected chi connectivity index (χ4v) is 1.32. The van der Waals surface area contributed by atoms with E-state index < -0.39 is 13.3 Å². The largest absolute Gasteiger partial charge is 0.482 e. The SMILES string of the molecule is Cc1ccc(C[B-](F)(F)F)c(C)c1. The summed E-state index contributed by atoms with van der Waals surface area (Å²) >= 11 is 0. The van der Waals surface area contributed by atoms with Crippen molar-refractivity contribution in [3.8, 4) is 0 Å². The lowest BCUT2D eigenvalue weighted by Gasteiger charge is -2.15. The highest BCUT2D eigenvalue weighted by atomic mass is 19.4. The number of halogens is 3. The minimum absolute atomic E-state index is 0.387. The zero-order valence-corrected chi connectivity index (χ0v) is 7.65. The van der Waals surface area contributed by atoms with Gasteiger partial charge in [-0.25, -0.2) is 0 Å². The molecule has 0 aromatic heterocycles. The van der Waals surface area contributed by atoms with E-state index in [-0.39, 0.29) is 0 Å². The minimum Gasteiger partial charge on any atom is -0.449 e. The van der Waals surface area contributed by atoms with E-state index in [0.717, 1.165) is 11.1 Å². The van der Waals surface area contributed by atoms with Crippen LogP contribution in [-0.4, -0.2) is 6.98 Å². The normalized spacial score (nSPS) is 11.8. The van der Waals surface area contributed by atoms with Crippen LogP contribution in [0.2, 0.25) is 0 Å². The molecule has 1 aromatic carbocycles. The second-order valence-corrected chi connectivity index (χ2v) is 3.34. The molecule has 0 unspecified atom stereocenters. The van der Waals surface area contributed by atoms with E-state index in [1.165, 1.54) is 0 Å². The second kappa shape index (κ2) is 3.44. The van der Waals surface area contributed by atoms with Crippen LogP contribution in [0.1, 0.15) is 16.7 Å². The van der Waals surface area contributed by atoms with E-state index >= 15 is 0 Å². The van der Waals surface area contributed by atoms with Crippen LogP contribution in [-0.2, 0) is 6.32 Å². The molecule has 0 bridgehead atoms.